The molecular formula is C15H23NO2. The molecule has 0 radical (unpaired) electrons. The zero-order chi connectivity index (χ0) is 12.8. The molecule has 0 aliphatic carbocycles. The van der Waals surface area contributed by atoms with Crippen LogP contribution in [0.15, 0.2) is 24.3 Å². The lowest BCUT2D eigenvalue weighted by Gasteiger charge is -2.34. The molecule has 0 amide bonds. The molecule has 1 heterocycles. The van der Waals surface area contributed by atoms with Crippen molar-refractivity contribution in [3.8, 4) is 5.75 Å². The van der Waals surface area contributed by atoms with E-state index in [1.54, 1.807) is 0 Å². The lowest BCUT2D eigenvalue weighted by atomic mass is 9.92. The first kappa shape index (κ1) is 13.4. The number of rotatable bonds is 5. The van der Waals surface area contributed by atoms with Crippen LogP contribution in [0.5, 0.6) is 5.75 Å². The summed E-state index contributed by atoms with van der Waals surface area (Å²) in [6.07, 6.45) is 2.17. The Bertz CT molecular complexity index is 355. The average molecular weight is 249 g/mol. The van der Waals surface area contributed by atoms with E-state index in [9.17, 15) is 0 Å². The Hall–Kier alpha value is -1.06. The molecule has 18 heavy (non-hydrogen) atoms. The van der Waals surface area contributed by atoms with Gasteiger partial charge in [-0.1, -0.05) is 12.1 Å². The van der Waals surface area contributed by atoms with Crippen molar-refractivity contribution in [3.63, 3.8) is 0 Å². The number of ether oxygens (including phenoxy) is 2. The third-order valence-electron chi connectivity index (χ3n) is 3.55. The Balaban J connectivity index is 1.85. The molecule has 1 fully saturated rings. The summed E-state index contributed by atoms with van der Waals surface area (Å²) in [5, 5.41) is 3.64. The second kappa shape index (κ2) is 6.21. The van der Waals surface area contributed by atoms with Crippen molar-refractivity contribution < 1.29 is 9.47 Å². The van der Waals surface area contributed by atoms with Crippen molar-refractivity contribution in [2.75, 3.05) is 19.8 Å². The van der Waals surface area contributed by atoms with Crippen LogP contribution in [-0.4, -0.2) is 25.4 Å². The molecule has 3 heteroatoms. The average Bonchev–Trinajstić information content (AvgIpc) is 2.39. The van der Waals surface area contributed by atoms with E-state index in [4.69, 9.17) is 9.47 Å². The van der Waals surface area contributed by atoms with Crippen LogP contribution in [0.25, 0.3) is 0 Å². The molecule has 1 aromatic carbocycles. The Morgan fingerprint density at radius 1 is 1.22 bits per heavy atom. The molecule has 1 aliphatic heterocycles. The van der Waals surface area contributed by atoms with Crippen LogP contribution in [-0.2, 0) is 11.3 Å². The topological polar surface area (TPSA) is 30.5 Å². The van der Waals surface area contributed by atoms with E-state index in [0.717, 1.165) is 45.0 Å². The first-order valence-corrected chi connectivity index (χ1v) is 6.76. The molecule has 0 unspecified atom stereocenters. The Morgan fingerprint density at radius 2 is 1.89 bits per heavy atom. The van der Waals surface area contributed by atoms with Crippen molar-refractivity contribution in [1.29, 1.82) is 0 Å². The van der Waals surface area contributed by atoms with Crippen LogP contribution in [0.2, 0.25) is 0 Å². The van der Waals surface area contributed by atoms with Crippen molar-refractivity contribution in [3.05, 3.63) is 29.8 Å². The maximum atomic E-state index is 5.44. The van der Waals surface area contributed by atoms with Gasteiger partial charge in [0.25, 0.3) is 0 Å². The van der Waals surface area contributed by atoms with Gasteiger partial charge in [0.2, 0.25) is 0 Å². The highest BCUT2D eigenvalue weighted by Gasteiger charge is 2.26. The number of benzene rings is 1. The number of nitrogens with one attached hydrogen (secondary N) is 1. The summed E-state index contributed by atoms with van der Waals surface area (Å²) >= 11 is 0. The van der Waals surface area contributed by atoms with Crippen molar-refractivity contribution >= 4 is 0 Å². The van der Waals surface area contributed by atoms with Gasteiger partial charge in [0, 0.05) is 25.3 Å². The third kappa shape index (κ3) is 3.72. The Labute approximate surface area is 109 Å². The molecule has 0 aromatic heterocycles. The zero-order valence-corrected chi connectivity index (χ0v) is 11.4. The van der Waals surface area contributed by atoms with E-state index in [1.165, 1.54) is 5.56 Å². The Morgan fingerprint density at radius 3 is 2.50 bits per heavy atom. The van der Waals surface area contributed by atoms with E-state index in [0.29, 0.717) is 0 Å². The van der Waals surface area contributed by atoms with E-state index < -0.39 is 0 Å². The van der Waals surface area contributed by atoms with Gasteiger partial charge in [-0.3, -0.25) is 0 Å². The molecule has 100 valence electrons. The van der Waals surface area contributed by atoms with Crippen LogP contribution in [0, 0.1) is 0 Å². The molecule has 0 saturated carbocycles. The minimum absolute atomic E-state index is 0.219. The fourth-order valence-electron chi connectivity index (χ4n) is 2.18. The lowest BCUT2D eigenvalue weighted by molar-refractivity contribution is 0.0446. The summed E-state index contributed by atoms with van der Waals surface area (Å²) in [6.45, 7) is 7.64. The van der Waals surface area contributed by atoms with Gasteiger partial charge in [0.05, 0.1) is 6.61 Å². The van der Waals surface area contributed by atoms with Crippen LogP contribution in [0.4, 0.5) is 0 Å². The second-order valence-corrected chi connectivity index (χ2v) is 5.10. The van der Waals surface area contributed by atoms with Crippen LogP contribution in [0.3, 0.4) is 0 Å². The standard InChI is InChI=1S/C15H23NO2/c1-3-18-14-6-4-13(5-7-14)12-16-15(2)8-10-17-11-9-15/h4-7,16H,3,8-12H2,1-2H3. The molecule has 0 spiro atoms. The fourth-order valence-corrected chi connectivity index (χ4v) is 2.18. The van der Waals surface area contributed by atoms with Crippen LogP contribution in [0.1, 0.15) is 32.3 Å². The highest BCUT2D eigenvalue weighted by molar-refractivity contribution is 5.27. The molecule has 0 atom stereocenters. The highest BCUT2D eigenvalue weighted by atomic mass is 16.5. The summed E-state index contributed by atoms with van der Waals surface area (Å²) in [5.74, 6) is 0.943. The quantitative estimate of drug-likeness (QED) is 0.870. The van der Waals surface area contributed by atoms with Gasteiger partial charge in [0.1, 0.15) is 5.75 Å². The molecule has 1 saturated heterocycles. The minimum atomic E-state index is 0.219. The Kier molecular flexibility index (Phi) is 4.61. The molecule has 2 rings (SSSR count). The van der Waals surface area contributed by atoms with Crippen molar-refractivity contribution in [2.45, 2.75) is 38.8 Å². The van der Waals surface area contributed by atoms with Gasteiger partial charge in [-0.05, 0) is 44.4 Å². The van der Waals surface area contributed by atoms with E-state index >= 15 is 0 Å². The van der Waals surface area contributed by atoms with Gasteiger partial charge in [-0.15, -0.1) is 0 Å². The summed E-state index contributed by atoms with van der Waals surface area (Å²) < 4.78 is 10.8. The van der Waals surface area contributed by atoms with Crippen molar-refractivity contribution in [2.24, 2.45) is 0 Å². The lowest BCUT2D eigenvalue weighted by Crippen LogP contribution is -2.46. The first-order chi connectivity index (χ1) is 8.72. The van der Waals surface area contributed by atoms with Crippen LogP contribution < -0.4 is 10.1 Å². The molecule has 0 bridgehead atoms. The highest BCUT2D eigenvalue weighted by Crippen LogP contribution is 2.20. The first-order valence-electron chi connectivity index (χ1n) is 6.76. The summed E-state index contributed by atoms with van der Waals surface area (Å²) in [5.41, 5.74) is 1.52. The second-order valence-electron chi connectivity index (χ2n) is 5.10. The third-order valence-corrected chi connectivity index (χ3v) is 3.55. The molecule has 1 N–H and O–H groups in total. The van der Waals surface area contributed by atoms with Crippen molar-refractivity contribution in [1.82, 2.24) is 5.32 Å². The molecule has 1 aromatic rings. The fraction of sp³-hybridized carbons (Fsp3) is 0.600. The molecule has 3 nitrogen and oxygen atoms in total. The van der Waals surface area contributed by atoms with E-state index in [1.807, 2.05) is 19.1 Å². The largest absolute Gasteiger partial charge is 0.494 e. The summed E-state index contributed by atoms with van der Waals surface area (Å²) in [6, 6.07) is 8.32. The van der Waals surface area contributed by atoms with E-state index in [2.05, 4.69) is 24.4 Å². The van der Waals surface area contributed by atoms with Gasteiger partial charge >= 0.3 is 0 Å². The summed E-state index contributed by atoms with van der Waals surface area (Å²) in [7, 11) is 0. The predicted octanol–water partition coefficient (Wildman–Crippen LogP) is 2.74. The SMILES string of the molecule is CCOc1ccc(CNC2(C)CCOCC2)cc1. The van der Waals surface area contributed by atoms with Gasteiger partial charge in [-0.2, -0.15) is 0 Å². The minimum Gasteiger partial charge on any atom is -0.494 e. The van der Waals surface area contributed by atoms with Crippen LogP contribution >= 0.6 is 0 Å². The van der Waals surface area contributed by atoms with E-state index in [-0.39, 0.29) is 5.54 Å². The maximum Gasteiger partial charge on any atom is 0.119 e. The zero-order valence-electron chi connectivity index (χ0n) is 11.4. The smallest absolute Gasteiger partial charge is 0.119 e. The maximum absolute atomic E-state index is 5.44. The summed E-state index contributed by atoms with van der Waals surface area (Å²) in [4.78, 5) is 0. The van der Waals surface area contributed by atoms with Gasteiger partial charge in [-0.25, -0.2) is 0 Å². The number of hydrogen-bond acceptors (Lipinski definition) is 3. The molecule has 1 aliphatic rings. The van der Waals surface area contributed by atoms with Gasteiger partial charge < -0.3 is 14.8 Å². The number of hydrogen-bond donors (Lipinski definition) is 1. The normalized spacial score (nSPS) is 18.6. The van der Waals surface area contributed by atoms with Gasteiger partial charge in [0.15, 0.2) is 0 Å². The predicted molar refractivity (Wildman–Crippen MR) is 72.9 cm³/mol. The monoisotopic (exact) mass is 249 g/mol. The molecular weight excluding hydrogens is 226 g/mol.